The van der Waals surface area contributed by atoms with Crippen LogP contribution in [-0.4, -0.2) is 52.6 Å². The molecule has 0 aliphatic carbocycles. The lowest BCUT2D eigenvalue weighted by atomic mass is 10.2. The van der Waals surface area contributed by atoms with Crippen molar-refractivity contribution < 1.29 is 48.1 Å². The number of ether oxygens (including phenoxy) is 4. The Morgan fingerprint density at radius 3 is 1.53 bits per heavy atom. The maximum Gasteiger partial charge on any atom is 0.373 e. The van der Waals surface area contributed by atoms with E-state index in [0.29, 0.717) is 11.5 Å². The van der Waals surface area contributed by atoms with Gasteiger partial charge in [0, 0.05) is 6.61 Å². The highest BCUT2D eigenvalue weighted by atomic mass is 17.3. The lowest BCUT2D eigenvalue weighted by Gasteiger charge is -2.14. The third kappa shape index (κ3) is 8.52. The number of carbonyl (C=O) groups excluding carboxylic acids is 2. The van der Waals surface area contributed by atoms with Gasteiger partial charge in [-0.1, -0.05) is 0 Å². The molecule has 2 rings (SSSR count). The van der Waals surface area contributed by atoms with Crippen molar-refractivity contribution in [3.8, 4) is 11.5 Å². The number of carbonyl (C=O) groups is 2. The SMILES string of the molecule is [CH2]COCCOC[C](OOC(=O)c1ccc(OC)cc1)OOC(=O)c1ccc(OC)cc1. The van der Waals surface area contributed by atoms with E-state index in [2.05, 4.69) is 6.92 Å². The topological polar surface area (TPSA) is 108 Å². The van der Waals surface area contributed by atoms with Crippen molar-refractivity contribution in [3.05, 3.63) is 72.9 Å². The zero-order chi connectivity index (χ0) is 23.2. The van der Waals surface area contributed by atoms with E-state index in [-0.39, 0.29) is 37.6 Å². The van der Waals surface area contributed by atoms with Gasteiger partial charge in [-0.3, -0.25) is 9.78 Å². The van der Waals surface area contributed by atoms with E-state index in [4.69, 9.17) is 38.5 Å². The summed E-state index contributed by atoms with van der Waals surface area (Å²) in [4.78, 5) is 43.5. The minimum absolute atomic E-state index is 0.171. The lowest BCUT2D eigenvalue weighted by molar-refractivity contribution is -0.368. The van der Waals surface area contributed by atoms with Gasteiger partial charge in [-0.05, 0) is 55.5 Å². The third-order valence-corrected chi connectivity index (χ3v) is 3.81. The molecule has 10 nitrogen and oxygen atoms in total. The van der Waals surface area contributed by atoms with Gasteiger partial charge in [-0.2, -0.15) is 0 Å². The highest BCUT2D eigenvalue weighted by Gasteiger charge is 2.22. The molecule has 10 heteroatoms. The lowest BCUT2D eigenvalue weighted by Crippen LogP contribution is -2.21. The van der Waals surface area contributed by atoms with E-state index in [1.807, 2.05) is 0 Å². The van der Waals surface area contributed by atoms with Crippen molar-refractivity contribution in [1.29, 1.82) is 0 Å². The summed E-state index contributed by atoms with van der Waals surface area (Å²) < 4.78 is 20.4. The van der Waals surface area contributed by atoms with Gasteiger partial charge in [0.15, 0.2) is 0 Å². The molecule has 0 saturated carbocycles. The molecule has 0 fully saturated rings. The average molecular weight is 448 g/mol. The van der Waals surface area contributed by atoms with Crippen LogP contribution in [0.5, 0.6) is 11.5 Å². The summed E-state index contributed by atoms with van der Waals surface area (Å²) in [6, 6.07) is 12.3. The van der Waals surface area contributed by atoms with Gasteiger partial charge in [0.1, 0.15) is 18.1 Å². The van der Waals surface area contributed by atoms with Crippen LogP contribution in [0.4, 0.5) is 0 Å². The van der Waals surface area contributed by atoms with Gasteiger partial charge in [0.25, 0.3) is 0 Å². The predicted molar refractivity (Wildman–Crippen MR) is 109 cm³/mol. The normalized spacial score (nSPS) is 10.6. The molecule has 0 atom stereocenters. The molecule has 0 saturated heterocycles. The van der Waals surface area contributed by atoms with E-state index in [1.54, 1.807) is 24.3 Å². The third-order valence-electron chi connectivity index (χ3n) is 3.81. The first kappa shape index (κ1) is 25.1. The molecule has 0 aliphatic rings. The monoisotopic (exact) mass is 448 g/mol. The first-order chi connectivity index (χ1) is 15.6. The Bertz CT molecular complexity index is 756. The van der Waals surface area contributed by atoms with Crippen molar-refractivity contribution in [2.24, 2.45) is 0 Å². The molecule has 172 valence electrons. The zero-order valence-corrected chi connectivity index (χ0v) is 17.7. The summed E-state index contributed by atoms with van der Waals surface area (Å²) in [5.41, 5.74) is 0.398. The number of benzene rings is 2. The van der Waals surface area contributed by atoms with Gasteiger partial charge in [-0.25, -0.2) is 9.59 Å². The molecular formula is C22H24O10. The van der Waals surface area contributed by atoms with E-state index in [0.717, 1.165) is 0 Å². The summed E-state index contributed by atoms with van der Waals surface area (Å²) >= 11 is 0. The van der Waals surface area contributed by atoms with E-state index in [1.165, 1.54) is 38.5 Å². The smallest absolute Gasteiger partial charge is 0.373 e. The second kappa shape index (κ2) is 14.0. The molecule has 2 aromatic rings. The van der Waals surface area contributed by atoms with Crippen LogP contribution in [0, 0.1) is 13.2 Å². The molecule has 0 amide bonds. The van der Waals surface area contributed by atoms with Crippen LogP contribution in [0.3, 0.4) is 0 Å². The molecule has 32 heavy (non-hydrogen) atoms. The maximum atomic E-state index is 12.1. The van der Waals surface area contributed by atoms with Crippen LogP contribution in [0.1, 0.15) is 20.7 Å². The van der Waals surface area contributed by atoms with E-state index >= 15 is 0 Å². The summed E-state index contributed by atoms with van der Waals surface area (Å²) in [5, 5.41) is 0. The Hall–Kier alpha value is -3.18. The fourth-order valence-electron chi connectivity index (χ4n) is 2.16. The number of hydrogen-bond donors (Lipinski definition) is 0. The number of methoxy groups -OCH3 is 2. The van der Waals surface area contributed by atoms with Crippen LogP contribution in [0.25, 0.3) is 0 Å². The van der Waals surface area contributed by atoms with Gasteiger partial charge in [0.2, 0.25) is 0 Å². The minimum Gasteiger partial charge on any atom is -0.497 e. The largest absolute Gasteiger partial charge is 0.497 e. The summed E-state index contributed by atoms with van der Waals surface area (Å²) in [6.07, 6.45) is -0.414. The standard InChI is InChI=1S/C22H24O10/c1-4-27-13-14-28-15-20(29-31-21(23)16-5-9-18(25-2)10-6-16)30-32-22(24)17-7-11-19(26-3)12-8-17/h5-12H,1,4,13-15H2,2-3H3. The van der Waals surface area contributed by atoms with Crippen molar-refractivity contribution in [1.82, 2.24) is 0 Å². The van der Waals surface area contributed by atoms with Crippen LogP contribution in [-0.2, 0) is 29.0 Å². The van der Waals surface area contributed by atoms with Crippen LogP contribution in [0.15, 0.2) is 48.5 Å². The fraction of sp³-hybridized carbons (Fsp3) is 0.273. The Balaban J connectivity index is 1.89. The van der Waals surface area contributed by atoms with Gasteiger partial charge < -0.3 is 18.9 Å². The van der Waals surface area contributed by atoms with E-state index in [9.17, 15) is 9.59 Å². The highest BCUT2D eigenvalue weighted by Crippen LogP contribution is 2.16. The molecular weight excluding hydrogens is 424 g/mol. The minimum atomic E-state index is -0.810. The maximum absolute atomic E-state index is 12.1. The highest BCUT2D eigenvalue weighted by molar-refractivity contribution is 5.89. The Morgan fingerprint density at radius 2 is 1.12 bits per heavy atom. The Morgan fingerprint density at radius 1 is 0.688 bits per heavy atom. The Kier molecular flexibility index (Phi) is 11.0. The molecule has 0 aromatic heterocycles. The quantitative estimate of drug-likeness (QED) is 0.243. The summed E-state index contributed by atoms with van der Waals surface area (Å²) in [7, 11) is 3.01. The first-order valence-electron chi connectivity index (χ1n) is 9.43. The average Bonchev–Trinajstić information content (AvgIpc) is 2.84. The number of rotatable bonds is 14. The van der Waals surface area contributed by atoms with Gasteiger partial charge in [0.05, 0.1) is 38.6 Å². The van der Waals surface area contributed by atoms with Crippen molar-refractivity contribution >= 4 is 11.9 Å². The molecule has 0 aliphatic heterocycles. The summed E-state index contributed by atoms with van der Waals surface area (Å²) in [5.74, 6) is -0.478. The summed E-state index contributed by atoms with van der Waals surface area (Å²) in [6.45, 7) is 3.96. The second-order valence-electron chi connectivity index (χ2n) is 5.90. The fourth-order valence-corrected chi connectivity index (χ4v) is 2.16. The molecule has 2 radical (unpaired) electrons. The Labute approximate surface area is 185 Å². The molecule has 0 heterocycles. The van der Waals surface area contributed by atoms with Crippen LogP contribution in [0.2, 0.25) is 0 Å². The van der Waals surface area contributed by atoms with E-state index < -0.39 is 18.2 Å². The van der Waals surface area contributed by atoms with Crippen molar-refractivity contribution in [3.63, 3.8) is 0 Å². The first-order valence-corrected chi connectivity index (χ1v) is 9.43. The van der Waals surface area contributed by atoms with Crippen LogP contribution >= 0.6 is 0 Å². The molecule has 0 N–H and O–H groups in total. The number of hydrogen-bond acceptors (Lipinski definition) is 10. The molecule has 0 spiro atoms. The van der Waals surface area contributed by atoms with Crippen LogP contribution < -0.4 is 9.47 Å². The van der Waals surface area contributed by atoms with Gasteiger partial charge in [-0.15, -0.1) is 9.78 Å². The zero-order valence-electron chi connectivity index (χ0n) is 17.7. The molecule has 0 bridgehead atoms. The van der Waals surface area contributed by atoms with Crippen molar-refractivity contribution in [2.45, 2.75) is 0 Å². The molecule has 0 unspecified atom stereocenters. The van der Waals surface area contributed by atoms with Crippen molar-refractivity contribution in [2.75, 3.05) is 40.6 Å². The predicted octanol–water partition coefficient (Wildman–Crippen LogP) is 2.94. The molecule has 2 aromatic carbocycles. The van der Waals surface area contributed by atoms with Gasteiger partial charge >= 0.3 is 18.2 Å². The second-order valence-corrected chi connectivity index (χ2v) is 5.90.